The molecule has 0 saturated carbocycles. The molecular formula is C9H11N3S2. The number of hydrogen-bond donors (Lipinski definition) is 1. The van der Waals surface area contributed by atoms with E-state index in [1.807, 2.05) is 25.1 Å². The van der Waals surface area contributed by atoms with Crippen LogP contribution in [0, 0.1) is 0 Å². The van der Waals surface area contributed by atoms with Crippen molar-refractivity contribution < 1.29 is 0 Å². The van der Waals surface area contributed by atoms with Crippen LogP contribution in [0.3, 0.4) is 0 Å². The highest BCUT2D eigenvalue weighted by Crippen LogP contribution is 1.99. The Morgan fingerprint density at radius 1 is 1.71 bits per heavy atom. The highest BCUT2D eigenvalue weighted by molar-refractivity contribution is 8.22. The van der Waals surface area contributed by atoms with Crippen LogP contribution in [0.15, 0.2) is 29.5 Å². The van der Waals surface area contributed by atoms with E-state index in [-0.39, 0.29) is 0 Å². The quantitative estimate of drug-likeness (QED) is 0.485. The normalized spacial score (nSPS) is 10.4. The Labute approximate surface area is 93.0 Å². The molecule has 0 aliphatic carbocycles. The highest BCUT2D eigenvalue weighted by Gasteiger charge is 1.90. The third-order valence-corrected chi connectivity index (χ3v) is 2.40. The second kappa shape index (κ2) is 6.50. The Hall–Kier alpha value is -0.940. The summed E-state index contributed by atoms with van der Waals surface area (Å²) in [6.07, 6.45) is 3.36. The van der Waals surface area contributed by atoms with Crippen LogP contribution in [0.1, 0.15) is 12.6 Å². The summed E-state index contributed by atoms with van der Waals surface area (Å²) < 4.78 is 0.680. The summed E-state index contributed by atoms with van der Waals surface area (Å²) in [5.41, 5.74) is 3.57. The molecule has 0 fully saturated rings. The number of thioether (sulfide) groups is 1. The van der Waals surface area contributed by atoms with Crippen LogP contribution in [0.5, 0.6) is 0 Å². The third kappa shape index (κ3) is 4.34. The van der Waals surface area contributed by atoms with Crippen LogP contribution in [-0.4, -0.2) is 21.3 Å². The summed E-state index contributed by atoms with van der Waals surface area (Å²) in [6.45, 7) is 2.04. The maximum atomic E-state index is 4.99. The van der Waals surface area contributed by atoms with Crippen molar-refractivity contribution in [2.45, 2.75) is 6.92 Å². The molecule has 0 aliphatic heterocycles. The van der Waals surface area contributed by atoms with E-state index in [9.17, 15) is 0 Å². The highest BCUT2D eigenvalue weighted by atomic mass is 32.2. The van der Waals surface area contributed by atoms with E-state index in [4.69, 9.17) is 12.2 Å². The number of hydrazone groups is 1. The van der Waals surface area contributed by atoms with E-state index in [1.165, 1.54) is 0 Å². The second-order valence-electron chi connectivity index (χ2n) is 2.35. The molecule has 0 atom stereocenters. The van der Waals surface area contributed by atoms with Gasteiger partial charge < -0.3 is 0 Å². The van der Waals surface area contributed by atoms with Gasteiger partial charge >= 0.3 is 0 Å². The van der Waals surface area contributed by atoms with Gasteiger partial charge in [0.2, 0.25) is 0 Å². The first kappa shape index (κ1) is 11.1. The number of nitrogens with zero attached hydrogens (tertiary/aromatic N) is 2. The van der Waals surface area contributed by atoms with E-state index < -0.39 is 0 Å². The first-order chi connectivity index (χ1) is 6.83. The number of nitrogens with one attached hydrogen (secondary N) is 1. The van der Waals surface area contributed by atoms with Crippen molar-refractivity contribution in [2.75, 3.05) is 5.75 Å². The summed E-state index contributed by atoms with van der Waals surface area (Å²) in [7, 11) is 0. The molecule has 0 aromatic carbocycles. The molecule has 0 saturated heterocycles. The van der Waals surface area contributed by atoms with Gasteiger partial charge in [-0.2, -0.15) is 5.10 Å². The number of rotatable bonds is 3. The molecular weight excluding hydrogens is 214 g/mol. The topological polar surface area (TPSA) is 37.3 Å². The summed E-state index contributed by atoms with van der Waals surface area (Å²) in [5, 5.41) is 3.96. The fraction of sp³-hybridized carbons (Fsp3) is 0.222. The summed E-state index contributed by atoms with van der Waals surface area (Å²) in [6, 6.07) is 5.65. The Bertz CT molecular complexity index is 311. The van der Waals surface area contributed by atoms with Gasteiger partial charge in [0.1, 0.15) is 0 Å². The zero-order chi connectivity index (χ0) is 10.2. The van der Waals surface area contributed by atoms with Gasteiger partial charge in [-0.05, 0) is 17.9 Å². The predicted octanol–water partition coefficient (Wildman–Crippen LogP) is 2.04. The predicted molar refractivity (Wildman–Crippen MR) is 65.7 cm³/mol. The van der Waals surface area contributed by atoms with Gasteiger partial charge in [-0.15, -0.1) is 0 Å². The van der Waals surface area contributed by atoms with Crippen molar-refractivity contribution in [3.05, 3.63) is 30.1 Å². The molecule has 1 heterocycles. The molecule has 1 aromatic rings. The van der Waals surface area contributed by atoms with Gasteiger partial charge in [0, 0.05) is 6.20 Å². The fourth-order valence-corrected chi connectivity index (χ4v) is 1.55. The average Bonchev–Trinajstić information content (AvgIpc) is 2.20. The van der Waals surface area contributed by atoms with Crippen LogP contribution < -0.4 is 5.43 Å². The molecule has 0 bridgehead atoms. The summed E-state index contributed by atoms with van der Waals surface area (Å²) in [5.74, 6) is 0.949. The zero-order valence-electron chi connectivity index (χ0n) is 7.80. The maximum Gasteiger partial charge on any atom is 0.154 e. The largest absolute Gasteiger partial charge is 0.262 e. The summed E-state index contributed by atoms with van der Waals surface area (Å²) >= 11 is 6.54. The lowest BCUT2D eigenvalue weighted by Gasteiger charge is -1.98. The second-order valence-corrected chi connectivity index (χ2v) is 4.29. The lowest BCUT2D eigenvalue weighted by atomic mass is 10.4. The van der Waals surface area contributed by atoms with E-state index in [0.717, 1.165) is 11.4 Å². The first-order valence-corrected chi connectivity index (χ1v) is 5.59. The minimum atomic E-state index is 0.680. The lowest BCUT2D eigenvalue weighted by molar-refractivity contribution is 1.07. The van der Waals surface area contributed by atoms with E-state index in [0.29, 0.717) is 4.32 Å². The molecule has 0 aliphatic rings. The zero-order valence-corrected chi connectivity index (χ0v) is 9.44. The molecule has 74 valence electrons. The number of pyridine rings is 1. The van der Waals surface area contributed by atoms with Crippen molar-refractivity contribution in [1.29, 1.82) is 0 Å². The molecule has 5 heteroatoms. The van der Waals surface area contributed by atoms with Crippen molar-refractivity contribution in [3.63, 3.8) is 0 Å². The van der Waals surface area contributed by atoms with Gasteiger partial charge in [0.05, 0.1) is 11.9 Å². The molecule has 0 unspecified atom stereocenters. The lowest BCUT2D eigenvalue weighted by Crippen LogP contribution is -2.11. The van der Waals surface area contributed by atoms with Crippen LogP contribution in [0.4, 0.5) is 0 Å². The van der Waals surface area contributed by atoms with Crippen molar-refractivity contribution >= 4 is 34.5 Å². The number of thiocarbonyl (C=S) groups is 1. The Morgan fingerprint density at radius 2 is 2.57 bits per heavy atom. The average molecular weight is 225 g/mol. The molecule has 0 amide bonds. The van der Waals surface area contributed by atoms with E-state index in [1.54, 1.807) is 24.2 Å². The number of hydrogen-bond acceptors (Lipinski definition) is 4. The molecule has 0 radical (unpaired) electrons. The van der Waals surface area contributed by atoms with E-state index in [2.05, 4.69) is 15.5 Å². The smallest absolute Gasteiger partial charge is 0.154 e. The Balaban J connectivity index is 2.38. The van der Waals surface area contributed by atoms with Crippen molar-refractivity contribution in [2.24, 2.45) is 5.10 Å². The Kier molecular flexibility index (Phi) is 5.17. The Morgan fingerprint density at radius 3 is 3.21 bits per heavy atom. The molecule has 3 nitrogen and oxygen atoms in total. The van der Waals surface area contributed by atoms with Gasteiger partial charge in [0.15, 0.2) is 4.32 Å². The van der Waals surface area contributed by atoms with Crippen LogP contribution in [0.2, 0.25) is 0 Å². The number of aromatic nitrogens is 1. The van der Waals surface area contributed by atoms with Gasteiger partial charge in [-0.1, -0.05) is 37.0 Å². The van der Waals surface area contributed by atoms with Gasteiger partial charge in [-0.25, -0.2) is 0 Å². The van der Waals surface area contributed by atoms with Crippen molar-refractivity contribution in [3.8, 4) is 0 Å². The molecule has 1 rings (SSSR count). The molecule has 14 heavy (non-hydrogen) atoms. The minimum Gasteiger partial charge on any atom is -0.262 e. The monoisotopic (exact) mass is 225 g/mol. The minimum absolute atomic E-state index is 0.680. The molecule has 1 N–H and O–H groups in total. The summed E-state index contributed by atoms with van der Waals surface area (Å²) in [4.78, 5) is 4.08. The van der Waals surface area contributed by atoms with Crippen LogP contribution in [-0.2, 0) is 0 Å². The van der Waals surface area contributed by atoms with Crippen LogP contribution >= 0.6 is 24.0 Å². The van der Waals surface area contributed by atoms with Crippen molar-refractivity contribution in [1.82, 2.24) is 10.4 Å². The molecule has 1 aromatic heterocycles. The standard InChI is InChI=1S/C9H11N3S2/c1-2-14-9(13)12-11-7-8-5-3-4-6-10-8/h3-7H,2H2,1H3,(H,12,13)/b11-7+. The maximum absolute atomic E-state index is 4.99. The first-order valence-electron chi connectivity index (χ1n) is 4.19. The SMILES string of the molecule is CCSC(=S)N/N=C/c1ccccn1. The third-order valence-electron chi connectivity index (χ3n) is 1.32. The van der Waals surface area contributed by atoms with E-state index >= 15 is 0 Å². The molecule has 0 spiro atoms. The van der Waals surface area contributed by atoms with Gasteiger partial charge in [0.25, 0.3) is 0 Å². The van der Waals surface area contributed by atoms with Crippen LogP contribution in [0.25, 0.3) is 0 Å². The fourth-order valence-electron chi connectivity index (χ4n) is 0.767. The van der Waals surface area contributed by atoms with Gasteiger partial charge in [-0.3, -0.25) is 10.4 Å².